The molecule has 1 aromatic carbocycles. The number of alkyl halides is 3. The predicted octanol–water partition coefficient (Wildman–Crippen LogP) is 4.41. The number of nitrogens with zero attached hydrogens (tertiary/aromatic N) is 5. The van der Waals surface area contributed by atoms with E-state index in [9.17, 15) is 18.0 Å². The van der Waals surface area contributed by atoms with Gasteiger partial charge in [0.2, 0.25) is 5.95 Å². The van der Waals surface area contributed by atoms with Crippen molar-refractivity contribution in [2.75, 3.05) is 16.7 Å². The van der Waals surface area contributed by atoms with Gasteiger partial charge in [0.15, 0.2) is 0 Å². The number of halogens is 3. The van der Waals surface area contributed by atoms with E-state index in [1.54, 1.807) is 10.8 Å². The van der Waals surface area contributed by atoms with Gasteiger partial charge in [0.05, 0.1) is 32.4 Å². The molecule has 1 aliphatic rings. The van der Waals surface area contributed by atoms with Crippen LogP contribution in [0.3, 0.4) is 0 Å². The molecule has 174 valence electrons. The van der Waals surface area contributed by atoms with Gasteiger partial charge in [-0.25, -0.2) is 14.8 Å². The Bertz CT molecular complexity index is 1210. The summed E-state index contributed by atoms with van der Waals surface area (Å²) in [6.45, 7) is 3.55. The van der Waals surface area contributed by atoms with Crippen LogP contribution in [0.25, 0.3) is 5.69 Å². The normalized spacial score (nSPS) is 19.8. The van der Waals surface area contributed by atoms with Crippen LogP contribution in [0, 0.1) is 5.92 Å². The van der Waals surface area contributed by atoms with Crippen molar-refractivity contribution in [3.8, 4) is 5.69 Å². The van der Waals surface area contributed by atoms with Gasteiger partial charge in [-0.3, -0.25) is 4.90 Å². The molecule has 0 spiro atoms. The largest absolute Gasteiger partial charge is 0.416 e. The summed E-state index contributed by atoms with van der Waals surface area (Å²) in [5.74, 6) is 0.285. The Labute approximate surface area is 191 Å². The van der Waals surface area contributed by atoms with Crippen LogP contribution >= 0.6 is 0 Å². The van der Waals surface area contributed by atoms with E-state index in [0.717, 1.165) is 12.1 Å². The molecular weight excluding hydrogens is 435 g/mol. The fraction of sp³-hybridized carbons (Fsp3) is 0.364. The van der Waals surface area contributed by atoms with Gasteiger partial charge in [-0.15, -0.1) is 0 Å². The minimum atomic E-state index is -4.40. The van der Waals surface area contributed by atoms with Crippen molar-refractivity contribution in [3.63, 3.8) is 0 Å². The highest BCUT2D eigenvalue weighted by atomic mass is 19.4. The van der Waals surface area contributed by atoms with Crippen LogP contribution in [0.15, 0.2) is 49.1 Å². The van der Waals surface area contributed by atoms with Crippen LogP contribution in [0.5, 0.6) is 0 Å². The molecule has 11 heteroatoms. The highest BCUT2D eigenvalue weighted by molar-refractivity contribution is 5.94. The SMILES string of the molecule is [2H]C1([2H])NC(=O)N(c2ccnc(N[C@@H](C)c3cn(-c4ccc(C(F)(F)F)cc4)cn3)n2)[C@H]1C(C)C. The van der Waals surface area contributed by atoms with E-state index >= 15 is 0 Å². The molecule has 2 aromatic heterocycles. The quantitative estimate of drug-likeness (QED) is 0.568. The van der Waals surface area contributed by atoms with Crippen LogP contribution in [0.1, 0.15) is 40.8 Å². The molecule has 4 rings (SSSR count). The predicted molar refractivity (Wildman–Crippen MR) is 117 cm³/mol. The van der Waals surface area contributed by atoms with Crippen LogP contribution in [0.2, 0.25) is 0 Å². The third kappa shape index (κ3) is 4.76. The molecule has 1 aliphatic heterocycles. The number of aromatic nitrogens is 4. The van der Waals surface area contributed by atoms with Gasteiger partial charge in [-0.1, -0.05) is 13.8 Å². The Hall–Kier alpha value is -3.63. The smallest absolute Gasteiger partial charge is 0.346 e. The second kappa shape index (κ2) is 8.72. The molecule has 8 nitrogen and oxygen atoms in total. The number of amides is 2. The van der Waals surface area contributed by atoms with Gasteiger partial charge >= 0.3 is 12.2 Å². The van der Waals surface area contributed by atoms with E-state index in [1.807, 2.05) is 20.8 Å². The van der Waals surface area contributed by atoms with Gasteiger partial charge in [0.25, 0.3) is 0 Å². The first kappa shape index (κ1) is 20.0. The number of rotatable bonds is 6. The lowest BCUT2D eigenvalue weighted by Gasteiger charge is -2.25. The molecule has 2 atom stereocenters. The lowest BCUT2D eigenvalue weighted by atomic mass is 10.0. The zero-order valence-corrected chi connectivity index (χ0v) is 18.1. The topological polar surface area (TPSA) is 88.0 Å². The van der Waals surface area contributed by atoms with Gasteiger partial charge in [0, 0.05) is 24.6 Å². The summed E-state index contributed by atoms with van der Waals surface area (Å²) in [5, 5.41) is 5.45. The summed E-state index contributed by atoms with van der Waals surface area (Å²) in [6, 6.07) is 4.57. The monoisotopic (exact) mass is 461 g/mol. The molecule has 3 aromatic rings. The number of imidazole rings is 1. The summed E-state index contributed by atoms with van der Waals surface area (Å²) in [5.41, 5.74) is 0.388. The second-order valence-electron chi connectivity index (χ2n) is 7.99. The third-order valence-corrected chi connectivity index (χ3v) is 5.23. The highest BCUT2D eigenvalue weighted by Gasteiger charge is 2.35. The van der Waals surface area contributed by atoms with E-state index in [0.29, 0.717) is 11.4 Å². The molecule has 2 amide bonds. The minimum absolute atomic E-state index is 0.177. The number of urea groups is 1. The molecule has 0 bridgehead atoms. The number of benzene rings is 1. The van der Waals surface area contributed by atoms with Crippen molar-refractivity contribution >= 4 is 17.8 Å². The Morgan fingerprint density at radius 3 is 2.58 bits per heavy atom. The van der Waals surface area contributed by atoms with Crippen molar-refractivity contribution < 1.29 is 20.7 Å². The van der Waals surface area contributed by atoms with Crippen molar-refractivity contribution in [3.05, 3.63) is 60.3 Å². The van der Waals surface area contributed by atoms with E-state index in [-0.39, 0.29) is 23.7 Å². The second-order valence-corrected chi connectivity index (χ2v) is 7.99. The van der Waals surface area contributed by atoms with E-state index in [4.69, 9.17) is 2.74 Å². The maximum atomic E-state index is 12.8. The molecule has 3 heterocycles. The average Bonchev–Trinajstić information content (AvgIpc) is 3.35. The van der Waals surface area contributed by atoms with Crippen molar-refractivity contribution in [2.24, 2.45) is 5.92 Å². The zero-order chi connectivity index (χ0) is 25.5. The first-order valence-electron chi connectivity index (χ1n) is 11.3. The molecule has 1 fully saturated rings. The van der Waals surface area contributed by atoms with Gasteiger partial charge in [0.1, 0.15) is 5.82 Å². The molecule has 0 unspecified atom stereocenters. The van der Waals surface area contributed by atoms with Crippen LogP contribution < -0.4 is 15.5 Å². The minimum Gasteiger partial charge on any atom is -0.346 e. The highest BCUT2D eigenvalue weighted by Crippen LogP contribution is 2.30. The summed E-state index contributed by atoms with van der Waals surface area (Å²) in [4.78, 5) is 26.7. The van der Waals surface area contributed by atoms with Gasteiger partial charge in [-0.2, -0.15) is 18.2 Å². The number of carbonyl (C=O) groups excluding carboxylic acids is 1. The fourth-order valence-electron chi connectivity index (χ4n) is 3.44. The number of hydrogen-bond donors (Lipinski definition) is 2. The lowest BCUT2D eigenvalue weighted by molar-refractivity contribution is -0.137. The molecule has 0 saturated carbocycles. The number of hydrogen-bond acceptors (Lipinski definition) is 5. The summed E-state index contributed by atoms with van der Waals surface area (Å²) in [6.07, 6.45) is 0.245. The Morgan fingerprint density at radius 1 is 1.18 bits per heavy atom. The molecule has 2 N–H and O–H groups in total. The van der Waals surface area contributed by atoms with Gasteiger partial charge in [-0.05, 0) is 43.2 Å². The number of anilines is 2. The molecule has 0 aliphatic carbocycles. The van der Waals surface area contributed by atoms with Crippen molar-refractivity contribution in [1.29, 1.82) is 0 Å². The molecular formula is C22H24F3N7O. The first-order chi connectivity index (χ1) is 16.4. The Kier molecular flexibility index (Phi) is 5.29. The summed E-state index contributed by atoms with van der Waals surface area (Å²) >= 11 is 0. The maximum absolute atomic E-state index is 12.8. The van der Waals surface area contributed by atoms with Gasteiger partial charge < -0.3 is 15.2 Å². The van der Waals surface area contributed by atoms with E-state index in [2.05, 4.69) is 25.6 Å². The van der Waals surface area contributed by atoms with E-state index in [1.165, 1.54) is 35.6 Å². The number of nitrogens with one attached hydrogen (secondary N) is 2. The fourth-order valence-corrected chi connectivity index (χ4v) is 3.44. The van der Waals surface area contributed by atoms with Crippen LogP contribution in [0.4, 0.5) is 29.7 Å². The summed E-state index contributed by atoms with van der Waals surface area (Å²) < 4.78 is 56.3. The molecule has 1 saturated heterocycles. The standard InChI is InChI=1S/C22H24F3N7O/c1-13(2)18-10-27-21(33)32(18)19-8-9-26-20(30-19)29-14(3)17-11-31(12-28-17)16-6-4-15(5-7-16)22(23,24)25/h4-9,11-14,18H,10H2,1-3H3,(H,27,33)(H,26,29,30)/t14-,18+/m0/s1/i10D2. The lowest BCUT2D eigenvalue weighted by Crippen LogP contribution is -2.38. The Morgan fingerprint density at radius 2 is 1.91 bits per heavy atom. The van der Waals surface area contributed by atoms with Crippen molar-refractivity contribution in [1.82, 2.24) is 24.8 Å². The number of carbonyl (C=O) groups is 1. The van der Waals surface area contributed by atoms with Crippen molar-refractivity contribution in [2.45, 2.75) is 39.0 Å². The average molecular weight is 461 g/mol. The molecule has 33 heavy (non-hydrogen) atoms. The van der Waals surface area contributed by atoms with Crippen LogP contribution in [-0.2, 0) is 6.18 Å². The third-order valence-electron chi connectivity index (χ3n) is 5.23. The summed E-state index contributed by atoms with van der Waals surface area (Å²) in [7, 11) is 0. The first-order valence-corrected chi connectivity index (χ1v) is 10.3. The Balaban J connectivity index is 1.51. The maximum Gasteiger partial charge on any atom is 0.416 e. The molecule has 0 radical (unpaired) electrons. The zero-order valence-electron chi connectivity index (χ0n) is 20.1. The van der Waals surface area contributed by atoms with E-state index < -0.39 is 30.3 Å². The van der Waals surface area contributed by atoms with Crippen LogP contribution in [-0.4, -0.2) is 38.1 Å².